The minimum atomic E-state index is -0.874. The standard InChI is InChI=1S/C14H15F2NO2/c1-17-14(9-3-5-11(15)12(16)7-9)13-6-4-10(19-13)8-18-2/h3-7,14,17H,8H2,1-2H3. The highest BCUT2D eigenvalue weighted by atomic mass is 19.2. The highest BCUT2D eigenvalue weighted by molar-refractivity contribution is 5.28. The molecule has 0 aliphatic rings. The van der Waals surface area contributed by atoms with Crippen molar-refractivity contribution >= 4 is 0 Å². The summed E-state index contributed by atoms with van der Waals surface area (Å²) in [6.07, 6.45) is 0. The molecule has 0 amide bonds. The van der Waals surface area contributed by atoms with Crippen molar-refractivity contribution in [2.45, 2.75) is 12.6 Å². The Bertz CT molecular complexity index is 554. The molecule has 2 rings (SSSR count). The van der Waals surface area contributed by atoms with Gasteiger partial charge in [-0.2, -0.15) is 0 Å². The second kappa shape index (κ2) is 5.95. The Balaban J connectivity index is 2.29. The molecule has 19 heavy (non-hydrogen) atoms. The van der Waals surface area contributed by atoms with Gasteiger partial charge in [-0.25, -0.2) is 8.78 Å². The lowest BCUT2D eigenvalue weighted by atomic mass is 10.0. The van der Waals surface area contributed by atoms with Crippen LogP contribution in [0.25, 0.3) is 0 Å². The van der Waals surface area contributed by atoms with Gasteiger partial charge in [-0.3, -0.25) is 0 Å². The molecule has 0 radical (unpaired) electrons. The third-order valence-electron chi connectivity index (χ3n) is 2.82. The predicted octanol–water partition coefficient (Wildman–Crippen LogP) is 3.01. The van der Waals surface area contributed by atoms with E-state index in [4.69, 9.17) is 9.15 Å². The SMILES string of the molecule is CNC(c1ccc(F)c(F)c1)c1ccc(COC)o1. The number of hydrogen-bond acceptors (Lipinski definition) is 3. The van der Waals surface area contributed by atoms with E-state index in [1.165, 1.54) is 6.07 Å². The summed E-state index contributed by atoms with van der Waals surface area (Å²) < 4.78 is 36.8. The molecule has 1 aromatic heterocycles. The van der Waals surface area contributed by atoms with Crippen LogP contribution in [0.4, 0.5) is 8.78 Å². The van der Waals surface area contributed by atoms with Crippen LogP contribution in [0.5, 0.6) is 0 Å². The number of nitrogens with one attached hydrogen (secondary N) is 1. The topological polar surface area (TPSA) is 34.4 Å². The molecule has 0 saturated heterocycles. The molecule has 0 spiro atoms. The Morgan fingerprint density at radius 3 is 2.63 bits per heavy atom. The molecule has 0 aliphatic carbocycles. The minimum absolute atomic E-state index is 0.333. The summed E-state index contributed by atoms with van der Waals surface area (Å²) in [6.45, 7) is 0.369. The molecular formula is C14H15F2NO2. The molecule has 1 aromatic carbocycles. The third kappa shape index (κ3) is 3.00. The van der Waals surface area contributed by atoms with Crippen LogP contribution in [0.15, 0.2) is 34.7 Å². The van der Waals surface area contributed by atoms with E-state index in [1.54, 1.807) is 26.3 Å². The zero-order chi connectivity index (χ0) is 13.8. The summed E-state index contributed by atoms with van der Waals surface area (Å²) in [5, 5.41) is 3.01. The molecule has 1 unspecified atom stereocenters. The fourth-order valence-electron chi connectivity index (χ4n) is 1.93. The molecule has 0 bridgehead atoms. The third-order valence-corrected chi connectivity index (χ3v) is 2.82. The Hall–Kier alpha value is -1.72. The van der Waals surface area contributed by atoms with Gasteiger partial charge in [-0.1, -0.05) is 6.07 Å². The van der Waals surface area contributed by atoms with Crippen LogP contribution in [0.1, 0.15) is 23.1 Å². The summed E-state index contributed by atoms with van der Waals surface area (Å²) in [5.41, 5.74) is 0.597. The van der Waals surface area contributed by atoms with Crippen LogP contribution in [0.2, 0.25) is 0 Å². The lowest BCUT2D eigenvalue weighted by Crippen LogP contribution is -2.17. The van der Waals surface area contributed by atoms with Crippen LogP contribution in [0, 0.1) is 11.6 Å². The van der Waals surface area contributed by atoms with Crippen molar-refractivity contribution in [1.82, 2.24) is 5.32 Å². The maximum absolute atomic E-state index is 13.3. The largest absolute Gasteiger partial charge is 0.462 e. The maximum atomic E-state index is 13.3. The van der Waals surface area contributed by atoms with Crippen LogP contribution in [-0.2, 0) is 11.3 Å². The van der Waals surface area contributed by atoms with Crippen LogP contribution >= 0.6 is 0 Å². The Morgan fingerprint density at radius 2 is 2.00 bits per heavy atom. The van der Waals surface area contributed by atoms with Gasteiger partial charge in [0.05, 0.1) is 6.04 Å². The molecule has 2 aromatic rings. The van der Waals surface area contributed by atoms with E-state index in [-0.39, 0.29) is 6.04 Å². The molecule has 0 fully saturated rings. The fraction of sp³-hybridized carbons (Fsp3) is 0.286. The number of ether oxygens (including phenoxy) is 1. The van der Waals surface area contributed by atoms with Crippen molar-refractivity contribution in [1.29, 1.82) is 0 Å². The van der Waals surface area contributed by atoms with E-state index in [9.17, 15) is 8.78 Å². The van der Waals surface area contributed by atoms with E-state index in [2.05, 4.69) is 5.32 Å². The Morgan fingerprint density at radius 1 is 1.21 bits per heavy atom. The molecule has 3 nitrogen and oxygen atoms in total. The molecule has 5 heteroatoms. The molecule has 1 heterocycles. The molecule has 1 atom stereocenters. The predicted molar refractivity (Wildman–Crippen MR) is 66.7 cm³/mol. The zero-order valence-electron chi connectivity index (χ0n) is 10.7. The van der Waals surface area contributed by atoms with Crippen LogP contribution < -0.4 is 5.32 Å². The summed E-state index contributed by atoms with van der Waals surface area (Å²) in [6, 6.07) is 7.04. The quantitative estimate of drug-likeness (QED) is 0.904. The lowest BCUT2D eigenvalue weighted by molar-refractivity contribution is 0.162. The molecule has 0 saturated carbocycles. The van der Waals surface area contributed by atoms with Crippen molar-refractivity contribution in [3.8, 4) is 0 Å². The first-order valence-electron chi connectivity index (χ1n) is 5.85. The zero-order valence-corrected chi connectivity index (χ0v) is 10.7. The van der Waals surface area contributed by atoms with Gasteiger partial charge in [0.1, 0.15) is 18.1 Å². The van der Waals surface area contributed by atoms with Gasteiger partial charge >= 0.3 is 0 Å². The highest BCUT2D eigenvalue weighted by Crippen LogP contribution is 2.25. The normalized spacial score (nSPS) is 12.6. The van der Waals surface area contributed by atoms with E-state index >= 15 is 0 Å². The van der Waals surface area contributed by atoms with Gasteiger partial charge in [0.2, 0.25) is 0 Å². The number of furan rings is 1. The summed E-state index contributed by atoms with van der Waals surface area (Å²) >= 11 is 0. The average molecular weight is 267 g/mol. The second-order valence-corrected chi connectivity index (χ2v) is 4.13. The van der Waals surface area contributed by atoms with Gasteiger partial charge in [0.25, 0.3) is 0 Å². The number of methoxy groups -OCH3 is 1. The fourth-order valence-corrected chi connectivity index (χ4v) is 1.93. The van der Waals surface area contributed by atoms with Crippen molar-refractivity contribution in [2.75, 3.05) is 14.2 Å². The van der Waals surface area contributed by atoms with Gasteiger partial charge < -0.3 is 14.5 Å². The van der Waals surface area contributed by atoms with Crippen LogP contribution in [0.3, 0.4) is 0 Å². The highest BCUT2D eigenvalue weighted by Gasteiger charge is 2.17. The summed E-state index contributed by atoms with van der Waals surface area (Å²) in [5.74, 6) is -0.430. The molecule has 1 N–H and O–H groups in total. The minimum Gasteiger partial charge on any atom is -0.462 e. The monoisotopic (exact) mass is 267 g/mol. The maximum Gasteiger partial charge on any atom is 0.159 e. The first-order chi connectivity index (χ1) is 9.15. The van der Waals surface area contributed by atoms with Crippen molar-refractivity contribution in [3.05, 3.63) is 59.1 Å². The number of hydrogen-bond donors (Lipinski definition) is 1. The van der Waals surface area contributed by atoms with Crippen LogP contribution in [-0.4, -0.2) is 14.2 Å². The molecular weight excluding hydrogens is 252 g/mol. The number of rotatable bonds is 5. The first kappa shape index (κ1) is 13.7. The second-order valence-electron chi connectivity index (χ2n) is 4.13. The van der Waals surface area contributed by atoms with Gasteiger partial charge in [-0.05, 0) is 36.9 Å². The van der Waals surface area contributed by atoms with Crippen molar-refractivity contribution in [3.63, 3.8) is 0 Å². The van der Waals surface area contributed by atoms with E-state index < -0.39 is 11.6 Å². The van der Waals surface area contributed by atoms with Crippen molar-refractivity contribution in [2.24, 2.45) is 0 Å². The number of benzene rings is 1. The van der Waals surface area contributed by atoms with E-state index in [1.807, 2.05) is 0 Å². The molecule has 0 aliphatic heterocycles. The smallest absolute Gasteiger partial charge is 0.159 e. The van der Waals surface area contributed by atoms with Gasteiger partial charge in [0.15, 0.2) is 11.6 Å². The van der Waals surface area contributed by atoms with E-state index in [0.717, 1.165) is 12.1 Å². The first-order valence-corrected chi connectivity index (χ1v) is 5.85. The summed E-state index contributed by atoms with van der Waals surface area (Å²) in [7, 11) is 3.30. The van der Waals surface area contributed by atoms with Crippen molar-refractivity contribution < 1.29 is 17.9 Å². The summed E-state index contributed by atoms with van der Waals surface area (Å²) in [4.78, 5) is 0. The van der Waals surface area contributed by atoms with E-state index in [0.29, 0.717) is 23.7 Å². The number of halogens is 2. The molecule has 102 valence electrons. The van der Waals surface area contributed by atoms with Gasteiger partial charge in [0, 0.05) is 7.11 Å². The average Bonchev–Trinajstić information content (AvgIpc) is 2.83. The lowest BCUT2D eigenvalue weighted by Gasteiger charge is -2.14. The Kier molecular flexibility index (Phi) is 4.29. The Labute approximate surface area is 110 Å². The van der Waals surface area contributed by atoms with Gasteiger partial charge in [-0.15, -0.1) is 0 Å².